The third-order valence-corrected chi connectivity index (χ3v) is 6.63. The summed E-state index contributed by atoms with van der Waals surface area (Å²) in [6.07, 6.45) is 0.899. The molecule has 1 amide bonds. The van der Waals surface area contributed by atoms with Crippen LogP contribution in [0.1, 0.15) is 23.2 Å². The number of carbonyl (C=O) groups is 1. The molecule has 1 aliphatic heterocycles. The fourth-order valence-corrected chi connectivity index (χ4v) is 4.69. The quantitative estimate of drug-likeness (QED) is 0.507. The second-order valence-corrected chi connectivity index (χ2v) is 8.72. The third kappa shape index (κ3) is 5.12. The van der Waals surface area contributed by atoms with Gasteiger partial charge in [-0.15, -0.1) is 0 Å². The van der Waals surface area contributed by atoms with Crippen molar-refractivity contribution in [1.29, 1.82) is 0 Å². The molecular formula is C20H23N3O7S. The fourth-order valence-electron chi connectivity index (χ4n) is 3.39. The Morgan fingerprint density at radius 2 is 1.68 bits per heavy atom. The van der Waals surface area contributed by atoms with Crippen molar-refractivity contribution in [1.82, 2.24) is 9.62 Å². The molecule has 2 aromatic rings. The minimum Gasteiger partial charge on any atom is -0.493 e. The molecule has 0 saturated carbocycles. The number of methoxy groups -OCH3 is 2. The van der Waals surface area contributed by atoms with E-state index in [2.05, 4.69) is 4.72 Å². The van der Waals surface area contributed by atoms with E-state index in [0.717, 1.165) is 12.1 Å². The standard InChI is InChI=1S/C20H23N3O7S/c1-29-18-8-3-14(13-19(18)30-2)20(24)22-11-9-15(10-12-22)21-31(27,28)17-6-4-16(5-7-17)23(25)26/h3-8,13,15,21H,9-12H2,1-2H3. The van der Waals surface area contributed by atoms with Crippen LogP contribution in [-0.4, -0.2) is 57.5 Å². The summed E-state index contributed by atoms with van der Waals surface area (Å²) in [6.45, 7) is 0.779. The largest absolute Gasteiger partial charge is 0.493 e. The Bertz CT molecular complexity index is 1060. The van der Waals surface area contributed by atoms with Gasteiger partial charge < -0.3 is 14.4 Å². The van der Waals surface area contributed by atoms with Crippen LogP contribution in [0.3, 0.4) is 0 Å². The molecule has 2 aromatic carbocycles. The Morgan fingerprint density at radius 1 is 1.06 bits per heavy atom. The summed E-state index contributed by atoms with van der Waals surface area (Å²) in [5.74, 6) is 0.815. The first kappa shape index (κ1) is 22.5. The number of non-ortho nitro benzene ring substituents is 1. The highest BCUT2D eigenvalue weighted by atomic mass is 32.2. The van der Waals surface area contributed by atoms with E-state index >= 15 is 0 Å². The molecule has 1 saturated heterocycles. The summed E-state index contributed by atoms with van der Waals surface area (Å²) in [4.78, 5) is 24.6. The molecule has 0 radical (unpaired) electrons. The Kier molecular flexibility index (Phi) is 6.76. The zero-order chi connectivity index (χ0) is 22.6. The van der Waals surface area contributed by atoms with E-state index in [1.54, 1.807) is 23.1 Å². The Hall–Kier alpha value is -3.18. The normalized spacial score (nSPS) is 14.8. The number of carbonyl (C=O) groups excluding carboxylic acids is 1. The van der Waals surface area contributed by atoms with E-state index in [-0.39, 0.29) is 22.5 Å². The molecule has 1 N–H and O–H groups in total. The number of hydrogen-bond donors (Lipinski definition) is 1. The number of nitrogens with one attached hydrogen (secondary N) is 1. The van der Waals surface area contributed by atoms with Crippen molar-refractivity contribution >= 4 is 21.6 Å². The van der Waals surface area contributed by atoms with Gasteiger partial charge in [-0.3, -0.25) is 14.9 Å². The molecule has 0 atom stereocenters. The highest BCUT2D eigenvalue weighted by molar-refractivity contribution is 7.89. The summed E-state index contributed by atoms with van der Waals surface area (Å²) in [5, 5.41) is 10.7. The molecule has 166 valence electrons. The molecule has 0 aliphatic carbocycles. The molecule has 11 heteroatoms. The van der Waals surface area contributed by atoms with E-state index in [4.69, 9.17) is 9.47 Å². The summed E-state index contributed by atoms with van der Waals surface area (Å²) in [5.41, 5.74) is 0.281. The number of benzene rings is 2. The van der Waals surface area contributed by atoms with E-state index in [1.165, 1.54) is 26.4 Å². The molecule has 0 aromatic heterocycles. The highest BCUT2D eigenvalue weighted by Gasteiger charge is 2.28. The second kappa shape index (κ2) is 9.31. The van der Waals surface area contributed by atoms with Gasteiger partial charge in [-0.1, -0.05) is 0 Å². The minimum atomic E-state index is -3.82. The first-order valence-corrected chi connectivity index (χ1v) is 11.0. The van der Waals surface area contributed by atoms with Gasteiger partial charge in [0.05, 0.1) is 24.0 Å². The first-order chi connectivity index (χ1) is 14.7. The highest BCUT2D eigenvalue weighted by Crippen LogP contribution is 2.28. The van der Waals surface area contributed by atoms with Gasteiger partial charge in [-0.25, -0.2) is 13.1 Å². The minimum absolute atomic E-state index is 0.0399. The maximum absolute atomic E-state index is 12.8. The van der Waals surface area contributed by atoms with Gasteiger partial charge in [0.2, 0.25) is 10.0 Å². The number of amides is 1. The molecule has 0 unspecified atom stereocenters. The summed E-state index contributed by atoms with van der Waals surface area (Å²) in [6, 6.07) is 9.31. The first-order valence-electron chi connectivity index (χ1n) is 9.53. The number of sulfonamides is 1. The van der Waals surface area contributed by atoms with Crippen molar-refractivity contribution in [2.24, 2.45) is 0 Å². The predicted molar refractivity (Wildman–Crippen MR) is 112 cm³/mol. The Labute approximate surface area is 180 Å². The number of piperidine rings is 1. The predicted octanol–water partition coefficient (Wildman–Crippen LogP) is 2.20. The fraction of sp³-hybridized carbons (Fsp3) is 0.350. The molecule has 0 spiro atoms. The molecular weight excluding hydrogens is 426 g/mol. The average Bonchev–Trinajstić information content (AvgIpc) is 2.78. The smallest absolute Gasteiger partial charge is 0.269 e. The van der Waals surface area contributed by atoms with Gasteiger partial charge in [-0.2, -0.15) is 0 Å². The summed E-state index contributed by atoms with van der Waals surface area (Å²) in [7, 11) is -0.805. The second-order valence-electron chi connectivity index (χ2n) is 7.01. The van der Waals surface area contributed by atoms with Crippen LogP contribution in [0.4, 0.5) is 5.69 Å². The van der Waals surface area contributed by atoms with E-state index < -0.39 is 14.9 Å². The number of ether oxygens (including phenoxy) is 2. The van der Waals surface area contributed by atoms with Gasteiger partial charge in [-0.05, 0) is 43.2 Å². The van der Waals surface area contributed by atoms with Crippen LogP contribution >= 0.6 is 0 Å². The van der Waals surface area contributed by atoms with Gasteiger partial charge in [0.25, 0.3) is 11.6 Å². The number of nitrogens with zero attached hydrogens (tertiary/aromatic N) is 2. The van der Waals surface area contributed by atoms with Crippen LogP contribution in [0.25, 0.3) is 0 Å². The topological polar surface area (TPSA) is 128 Å². The zero-order valence-corrected chi connectivity index (χ0v) is 17.9. The van der Waals surface area contributed by atoms with Gasteiger partial charge in [0, 0.05) is 36.8 Å². The number of likely N-dealkylation sites (tertiary alicyclic amines) is 1. The molecule has 3 rings (SSSR count). The van der Waals surface area contributed by atoms with Crippen LogP contribution in [0, 0.1) is 10.1 Å². The third-order valence-electron chi connectivity index (χ3n) is 5.09. The number of nitro benzene ring substituents is 1. The van der Waals surface area contributed by atoms with E-state index in [9.17, 15) is 23.3 Å². The van der Waals surface area contributed by atoms with Crippen LogP contribution in [0.2, 0.25) is 0 Å². The van der Waals surface area contributed by atoms with Gasteiger partial charge >= 0.3 is 0 Å². The lowest BCUT2D eigenvalue weighted by molar-refractivity contribution is -0.384. The molecule has 31 heavy (non-hydrogen) atoms. The molecule has 0 bridgehead atoms. The van der Waals surface area contributed by atoms with Gasteiger partial charge in [0.1, 0.15) is 0 Å². The van der Waals surface area contributed by atoms with E-state index in [1.807, 2.05) is 0 Å². The molecule has 1 heterocycles. The van der Waals surface area contributed by atoms with Crippen LogP contribution in [0.5, 0.6) is 11.5 Å². The SMILES string of the molecule is COc1ccc(C(=O)N2CCC(NS(=O)(=O)c3ccc([N+](=O)[O-])cc3)CC2)cc1OC. The maximum Gasteiger partial charge on any atom is 0.269 e. The Balaban J connectivity index is 1.61. The van der Waals surface area contributed by atoms with Crippen molar-refractivity contribution < 1.29 is 27.6 Å². The lowest BCUT2D eigenvalue weighted by Gasteiger charge is -2.32. The lowest BCUT2D eigenvalue weighted by atomic mass is 10.0. The average molecular weight is 449 g/mol. The number of rotatable bonds is 7. The van der Waals surface area contributed by atoms with Crippen LogP contribution in [-0.2, 0) is 10.0 Å². The van der Waals surface area contributed by atoms with E-state index in [0.29, 0.717) is 43.0 Å². The van der Waals surface area contributed by atoms with Crippen molar-refractivity contribution in [2.45, 2.75) is 23.8 Å². The van der Waals surface area contributed by atoms with Crippen molar-refractivity contribution in [3.8, 4) is 11.5 Å². The molecule has 10 nitrogen and oxygen atoms in total. The van der Waals surface area contributed by atoms with Crippen LogP contribution in [0.15, 0.2) is 47.4 Å². The molecule has 1 aliphatic rings. The van der Waals surface area contributed by atoms with Crippen molar-refractivity contribution in [3.63, 3.8) is 0 Å². The Morgan fingerprint density at radius 3 is 2.23 bits per heavy atom. The number of hydrogen-bond acceptors (Lipinski definition) is 7. The summed E-state index contributed by atoms with van der Waals surface area (Å²) >= 11 is 0. The van der Waals surface area contributed by atoms with Gasteiger partial charge in [0.15, 0.2) is 11.5 Å². The monoisotopic (exact) mass is 449 g/mol. The maximum atomic E-state index is 12.8. The van der Waals surface area contributed by atoms with Crippen molar-refractivity contribution in [2.75, 3.05) is 27.3 Å². The summed E-state index contributed by atoms with van der Waals surface area (Å²) < 4.78 is 38.2. The zero-order valence-electron chi connectivity index (χ0n) is 17.1. The molecule has 1 fully saturated rings. The lowest BCUT2D eigenvalue weighted by Crippen LogP contribution is -2.46. The number of nitro groups is 1. The van der Waals surface area contributed by atoms with Crippen molar-refractivity contribution in [3.05, 3.63) is 58.1 Å². The van der Waals surface area contributed by atoms with Crippen LogP contribution < -0.4 is 14.2 Å².